The quantitative estimate of drug-likeness (QED) is 0.809. The van der Waals surface area contributed by atoms with Crippen molar-refractivity contribution in [1.29, 1.82) is 0 Å². The molecule has 1 atom stereocenters. The number of benzene rings is 1. The highest BCUT2D eigenvalue weighted by Gasteiger charge is 2.05. The van der Waals surface area contributed by atoms with E-state index in [2.05, 4.69) is 21.2 Å². The molecule has 0 bridgehead atoms. The summed E-state index contributed by atoms with van der Waals surface area (Å²) in [6.45, 7) is 3.03. The van der Waals surface area contributed by atoms with E-state index in [9.17, 15) is 4.39 Å². The lowest BCUT2D eigenvalue weighted by atomic mass is 10.1. The zero-order chi connectivity index (χ0) is 11.3. The van der Waals surface area contributed by atoms with E-state index in [1.165, 1.54) is 6.92 Å². The topological polar surface area (TPSA) is 38.0 Å². The first kappa shape index (κ1) is 12.5. The highest BCUT2D eigenvalue weighted by Crippen LogP contribution is 2.27. The molecule has 3 N–H and O–H groups in total. The molecule has 0 fully saturated rings. The van der Waals surface area contributed by atoms with Gasteiger partial charge in [0.1, 0.15) is 6.17 Å². The molecule has 84 valence electrons. The second kappa shape index (κ2) is 6.08. The van der Waals surface area contributed by atoms with Crippen LogP contribution in [0.15, 0.2) is 22.7 Å². The van der Waals surface area contributed by atoms with E-state index >= 15 is 0 Å². The summed E-state index contributed by atoms with van der Waals surface area (Å²) in [7, 11) is 0. The molecule has 4 heteroatoms. The minimum atomic E-state index is -0.931. The lowest BCUT2D eigenvalue weighted by Crippen LogP contribution is -2.08. The maximum absolute atomic E-state index is 13.0. The van der Waals surface area contributed by atoms with E-state index in [1.807, 2.05) is 6.07 Å². The van der Waals surface area contributed by atoms with E-state index in [4.69, 9.17) is 5.73 Å². The highest BCUT2D eigenvalue weighted by molar-refractivity contribution is 9.10. The van der Waals surface area contributed by atoms with Crippen LogP contribution in [0.3, 0.4) is 0 Å². The first-order valence-corrected chi connectivity index (χ1v) is 5.82. The normalized spacial score (nSPS) is 12.5. The monoisotopic (exact) mass is 274 g/mol. The van der Waals surface area contributed by atoms with Crippen molar-refractivity contribution in [3.8, 4) is 0 Å². The molecule has 1 unspecified atom stereocenters. The molecular formula is C11H16BrFN2. The molecule has 0 heterocycles. The minimum absolute atomic E-state index is 0.671. The average molecular weight is 275 g/mol. The molecule has 0 aliphatic rings. The van der Waals surface area contributed by atoms with Crippen LogP contribution in [0.1, 0.15) is 25.1 Å². The number of nitrogens with one attached hydrogen (secondary N) is 1. The summed E-state index contributed by atoms with van der Waals surface area (Å²) in [6, 6.07) is 5.47. The molecule has 0 aliphatic heterocycles. The Balaban J connectivity index is 2.66. The molecule has 1 rings (SSSR count). The predicted molar refractivity (Wildman–Crippen MR) is 65.8 cm³/mol. The fourth-order valence-electron chi connectivity index (χ4n) is 1.25. The summed E-state index contributed by atoms with van der Waals surface area (Å²) in [4.78, 5) is 0. The second-order valence-electron chi connectivity index (χ2n) is 3.42. The zero-order valence-corrected chi connectivity index (χ0v) is 10.3. The van der Waals surface area contributed by atoms with E-state index in [-0.39, 0.29) is 0 Å². The van der Waals surface area contributed by atoms with Crippen molar-refractivity contribution in [3.63, 3.8) is 0 Å². The fourth-order valence-corrected chi connectivity index (χ4v) is 1.78. The summed E-state index contributed by atoms with van der Waals surface area (Å²) in [6.07, 6.45) is -0.00681. The molecule has 0 spiro atoms. The van der Waals surface area contributed by atoms with Crippen LogP contribution in [0.5, 0.6) is 0 Å². The molecule has 0 saturated carbocycles. The van der Waals surface area contributed by atoms with Gasteiger partial charge in [-0.2, -0.15) is 0 Å². The smallest absolute Gasteiger partial charge is 0.122 e. The van der Waals surface area contributed by atoms with Gasteiger partial charge in [-0.25, -0.2) is 4.39 Å². The van der Waals surface area contributed by atoms with Crippen LogP contribution in [0, 0.1) is 0 Å². The van der Waals surface area contributed by atoms with Gasteiger partial charge in [0.15, 0.2) is 0 Å². The van der Waals surface area contributed by atoms with Crippen molar-refractivity contribution < 1.29 is 4.39 Å². The second-order valence-corrected chi connectivity index (χ2v) is 4.28. The first-order valence-electron chi connectivity index (χ1n) is 5.02. The van der Waals surface area contributed by atoms with Crippen molar-refractivity contribution in [2.24, 2.45) is 5.73 Å². The van der Waals surface area contributed by atoms with Crippen molar-refractivity contribution in [1.82, 2.24) is 0 Å². The van der Waals surface area contributed by atoms with Crippen molar-refractivity contribution in [2.45, 2.75) is 19.5 Å². The van der Waals surface area contributed by atoms with Gasteiger partial charge in [0.25, 0.3) is 0 Å². The van der Waals surface area contributed by atoms with E-state index < -0.39 is 6.17 Å². The van der Waals surface area contributed by atoms with Crippen LogP contribution >= 0.6 is 15.9 Å². The van der Waals surface area contributed by atoms with E-state index in [0.717, 1.165) is 23.1 Å². The van der Waals surface area contributed by atoms with Gasteiger partial charge in [-0.1, -0.05) is 6.07 Å². The standard InChI is InChI=1S/C11H16BrFN2/c1-8(13)9-3-4-11(10(12)7-9)15-6-2-5-14/h3-4,7-8,15H,2,5-6,14H2,1H3. The number of hydrogen-bond acceptors (Lipinski definition) is 2. The Labute approximate surface area is 98.2 Å². The number of hydrogen-bond donors (Lipinski definition) is 2. The Morgan fingerprint density at radius 1 is 1.53 bits per heavy atom. The van der Waals surface area contributed by atoms with Gasteiger partial charge < -0.3 is 11.1 Å². The lowest BCUT2D eigenvalue weighted by Gasteiger charge is -2.10. The molecule has 2 nitrogen and oxygen atoms in total. The summed E-state index contributed by atoms with van der Waals surface area (Å²) in [5, 5.41) is 3.23. The van der Waals surface area contributed by atoms with Crippen molar-refractivity contribution in [3.05, 3.63) is 28.2 Å². The summed E-state index contributed by atoms with van der Waals surface area (Å²) < 4.78 is 13.9. The van der Waals surface area contributed by atoms with Gasteiger partial charge in [-0.05, 0) is 53.5 Å². The molecule has 15 heavy (non-hydrogen) atoms. The molecule has 0 aliphatic carbocycles. The summed E-state index contributed by atoms with van der Waals surface area (Å²) in [5.74, 6) is 0. The Hall–Kier alpha value is -0.610. The summed E-state index contributed by atoms with van der Waals surface area (Å²) in [5.41, 5.74) is 7.06. The van der Waals surface area contributed by atoms with Gasteiger partial charge in [-0.15, -0.1) is 0 Å². The van der Waals surface area contributed by atoms with Crippen molar-refractivity contribution >= 4 is 21.6 Å². The van der Waals surface area contributed by atoms with Crippen LogP contribution in [-0.2, 0) is 0 Å². The maximum atomic E-state index is 13.0. The van der Waals surface area contributed by atoms with E-state index in [0.29, 0.717) is 12.1 Å². The van der Waals surface area contributed by atoms with E-state index in [1.54, 1.807) is 12.1 Å². The van der Waals surface area contributed by atoms with Gasteiger partial charge in [0.2, 0.25) is 0 Å². The zero-order valence-electron chi connectivity index (χ0n) is 8.76. The first-order chi connectivity index (χ1) is 7.15. The van der Waals surface area contributed by atoms with Crippen LogP contribution in [-0.4, -0.2) is 13.1 Å². The number of alkyl halides is 1. The predicted octanol–water partition coefficient (Wildman–Crippen LogP) is 3.24. The molecular weight excluding hydrogens is 259 g/mol. The van der Waals surface area contributed by atoms with Crippen LogP contribution in [0.2, 0.25) is 0 Å². The van der Waals surface area contributed by atoms with Crippen molar-refractivity contribution in [2.75, 3.05) is 18.4 Å². The molecule has 1 aromatic carbocycles. The SMILES string of the molecule is CC(F)c1ccc(NCCCN)c(Br)c1. The summed E-state index contributed by atoms with van der Waals surface area (Å²) >= 11 is 3.41. The van der Waals surface area contributed by atoms with Gasteiger partial charge in [0.05, 0.1) is 0 Å². The Kier molecular flexibility index (Phi) is 5.05. The molecule has 0 amide bonds. The van der Waals surface area contributed by atoms with Crippen LogP contribution in [0.25, 0.3) is 0 Å². The molecule has 0 radical (unpaired) electrons. The Morgan fingerprint density at radius 2 is 2.27 bits per heavy atom. The number of anilines is 1. The van der Waals surface area contributed by atoms with Gasteiger partial charge >= 0.3 is 0 Å². The van der Waals surface area contributed by atoms with Gasteiger partial charge in [-0.3, -0.25) is 0 Å². The third kappa shape index (κ3) is 3.80. The third-order valence-corrected chi connectivity index (χ3v) is 2.80. The Morgan fingerprint density at radius 3 is 2.80 bits per heavy atom. The fraction of sp³-hybridized carbons (Fsp3) is 0.455. The van der Waals surface area contributed by atoms with Gasteiger partial charge in [0, 0.05) is 16.7 Å². The maximum Gasteiger partial charge on any atom is 0.122 e. The molecule has 1 aromatic rings. The Bertz CT molecular complexity index is 315. The van der Waals surface area contributed by atoms with Crippen LogP contribution < -0.4 is 11.1 Å². The third-order valence-electron chi connectivity index (χ3n) is 2.15. The number of rotatable bonds is 5. The number of halogens is 2. The van der Waals surface area contributed by atoms with Crippen LogP contribution in [0.4, 0.5) is 10.1 Å². The lowest BCUT2D eigenvalue weighted by molar-refractivity contribution is 0.374. The average Bonchev–Trinajstić information content (AvgIpc) is 2.20. The highest BCUT2D eigenvalue weighted by atomic mass is 79.9. The molecule has 0 saturated heterocycles. The largest absolute Gasteiger partial charge is 0.384 e. The minimum Gasteiger partial charge on any atom is -0.384 e. The number of nitrogens with two attached hydrogens (primary N) is 1. The molecule has 0 aromatic heterocycles.